The second-order valence-corrected chi connectivity index (χ2v) is 8.22. The second-order valence-electron chi connectivity index (χ2n) is 7.24. The fourth-order valence-electron chi connectivity index (χ4n) is 3.78. The van der Waals surface area contributed by atoms with E-state index in [0.29, 0.717) is 6.54 Å². The average molecular weight is 395 g/mol. The summed E-state index contributed by atoms with van der Waals surface area (Å²) in [5.41, 5.74) is 1.84. The monoisotopic (exact) mass is 394 g/mol. The Balaban J connectivity index is 1.35. The van der Waals surface area contributed by atoms with Gasteiger partial charge in [0, 0.05) is 26.2 Å². The molecule has 8 heteroatoms. The van der Waals surface area contributed by atoms with Crippen LogP contribution in [0.4, 0.5) is 10.9 Å². The molecular formula is C20H22N6OS. The van der Waals surface area contributed by atoms with Gasteiger partial charge in [0.15, 0.2) is 16.6 Å². The Morgan fingerprint density at radius 1 is 1.14 bits per heavy atom. The number of benzene rings is 1. The molecule has 1 aromatic carbocycles. The molecule has 3 aromatic rings. The van der Waals surface area contributed by atoms with E-state index >= 15 is 0 Å². The van der Waals surface area contributed by atoms with Crippen molar-refractivity contribution in [3.8, 4) is 0 Å². The number of amides is 1. The van der Waals surface area contributed by atoms with Crippen LogP contribution in [-0.2, 0) is 11.3 Å². The van der Waals surface area contributed by atoms with E-state index in [2.05, 4.69) is 25.1 Å². The zero-order valence-electron chi connectivity index (χ0n) is 15.5. The summed E-state index contributed by atoms with van der Waals surface area (Å²) in [4.78, 5) is 30.8. The average Bonchev–Trinajstić information content (AvgIpc) is 3.32. The van der Waals surface area contributed by atoms with E-state index in [1.54, 1.807) is 17.7 Å². The van der Waals surface area contributed by atoms with Gasteiger partial charge < -0.3 is 15.1 Å². The summed E-state index contributed by atoms with van der Waals surface area (Å²) in [6, 6.07) is 9.83. The van der Waals surface area contributed by atoms with Gasteiger partial charge in [-0.05, 0) is 24.8 Å². The minimum atomic E-state index is -0.176. The fourth-order valence-corrected chi connectivity index (χ4v) is 4.89. The molecule has 144 valence electrons. The van der Waals surface area contributed by atoms with Crippen LogP contribution in [0.5, 0.6) is 0 Å². The molecule has 2 saturated heterocycles. The summed E-state index contributed by atoms with van der Waals surface area (Å²) in [5.74, 6) is 1.04. The van der Waals surface area contributed by atoms with Crippen LogP contribution in [0.15, 0.2) is 36.7 Å². The van der Waals surface area contributed by atoms with Crippen LogP contribution >= 0.6 is 11.3 Å². The van der Waals surface area contributed by atoms with E-state index in [1.165, 1.54) is 6.42 Å². The van der Waals surface area contributed by atoms with Gasteiger partial charge in [-0.15, -0.1) is 0 Å². The zero-order chi connectivity index (χ0) is 18.9. The lowest BCUT2D eigenvalue weighted by Gasteiger charge is -2.31. The lowest BCUT2D eigenvalue weighted by molar-refractivity contribution is -0.122. The molecule has 0 spiro atoms. The smallest absolute Gasteiger partial charge is 0.243 e. The topological polar surface area (TPSA) is 74.2 Å². The fraction of sp³-hybridized carbons (Fsp3) is 0.400. The van der Waals surface area contributed by atoms with Gasteiger partial charge in [-0.25, -0.2) is 9.97 Å². The summed E-state index contributed by atoms with van der Waals surface area (Å²) >= 11 is 1.60. The molecule has 0 radical (unpaired) electrons. The Hall–Kier alpha value is -2.74. The number of carbonyl (C=O) groups excluding carboxylic acids is 1. The molecule has 5 rings (SSSR count). The van der Waals surface area contributed by atoms with E-state index in [4.69, 9.17) is 4.98 Å². The first kappa shape index (κ1) is 17.4. The maximum absolute atomic E-state index is 12.8. The number of hydrogen-bond acceptors (Lipinski definition) is 7. The molecule has 28 heavy (non-hydrogen) atoms. The summed E-state index contributed by atoms with van der Waals surface area (Å²) in [5, 5.41) is 3.95. The highest BCUT2D eigenvalue weighted by molar-refractivity contribution is 7.22. The maximum atomic E-state index is 12.8. The molecule has 7 nitrogen and oxygen atoms in total. The quantitative estimate of drug-likeness (QED) is 0.717. The van der Waals surface area contributed by atoms with E-state index in [0.717, 1.165) is 59.3 Å². The lowest BCUT2D eigenvalue weighted by atomic mass is 10.2. The summed E-state index contributed by atoms with van der Waals surface area (Å²) in [6.07, 6.45) is 4.63. The van der Waals surface area contributed by atoms with E-state index in [1.807, 2.05) is 30.3 Å². The van der Waals surface area contributed by atoms with Crippen molar-refractivity contribution in [3.05, 3.63) is 42.2 Å². The normalized spacial score (nSPS) is 19.1. The Kier molecular flexibility index (Phi) is 4.56. The number of nitrogens with one attached hydrogen (secondary N) is 1. The molecule has 1 N–H and O–H groups in total. The van der Waals surface area contributed by atoms with E-state index in [-0.39, 0.29) is 11.9 Å². The molecule has 0 saturated carbocycles. The Morgan fingerprint density at radius 2 is 2.00 bits per heavy atom. The van der Waals surface area contributed by atoms with Gasteiger partial charge in [0.2, 0.25) is 5.91 Å². The summed E-state index contributed by atoms with van der Waals surface area (Å²) < 4.78 is 1.02. The minimum absolute atomic E-state index is 0.0645. The predicted molar refractivity (Wildman–Crippen MR) is 111 cm³/mol. The van der Waals surface area contributed by atoms with Crippen LogP contribution in [0.1, 0.15) is 24.8 Å². The largest absolute Gasteiger partial charge is 0.355 e. The molecule has 2 aliphatic rings. The number of aromatic nitrogens is 3. The molecule has 2 fully saturated rings. The van der Waals surface area contributed by atoms with Gasteiger partial charge in [-0.1, -0.05) is 41.7 Å². The van der Waals surface area contributed by atoms with Crippen LogP contribution in [-0.4, -0.2) is 46.5 Å². The maximum Gasteiger partial charge on any atom is 0.243 e. The first-order chi connectivity index (χ1) is 13.8. The number of anilines is 2. The summed E-state index contributed by atoms with van der Waals surface area (Å²) in [7, 11) is 0. The van der Waals surface area contributed by atoms with Crippen molar-refractivity contribution in [2.24, 2.45) is 0 Å². The predicted octanol–water partition coefficient (Wildman–Crippen LogP) is 2.58. The third kappa shape index (κ3) is 3.17. The van der Waals surface area contributed by atoms with E-state index < -0.39 is 0 Å². The number of thiazole rings is 1. The van der Waals surface area contributed by atoms with Crippen molar-refractivity contribution in [1.29, 1.82) is 0 Å². The third-order valence-electron chi connectivity index (χ3n) is 5.43. The van der Waals surface area contributed by atoms with Gasteiger partial charge in [0.05, 0.1) is 0 Å². The van der Waals surface area contributed by atoms with Crippen LogP contribution in [0.2, 0.25) is 0 Å². The van der Waals surface area contributed by atoms with Crippen molar-refractivity contribution < 1.29 is 4.79 Å². The van der Waals surface area contributed by atoms with Gasteiger partial charge >= 0.3 is 0 Å². The highest BCUT2D eigenvalue weighted by Gasteiger charge is 2.33. The highest BCUT2D eigenvalue weighted by atomic mass is 32.1. The highest BCUT2D eigenvalue weighted by Crippen LogP contribution is 2.37. The van der Waals surface area contributed by atoms with E-state index in [9.17, 15) is 4.79 Å². The van der Waals surface area contributed by atoms with Gasteiger partial charge in [-0.2, -0.15) is 4.98 Å². The van der Waals surface area contributed by atoms with Gasteiger partial charge in [0.25, 0.3) is 0 Å². The first-order valence-electron chi connectivity index (χ1n) is 9.74. The zero-order valence-corrected chi connectivity index (χ0v) is 16.4. The number of nitrogens with zero attached hydrogens (tertiary/aromatic N) is 5. The minimum Gasteiger partial charge on any atom is -0.355 e. The Labute approximate surface area is 167 Å². The number of carbonyl (C=O) groups is 1. The molecule has 2 aromatic heterocycles. The summed E-state index contributed by atoms with van der Waals surface area (Å²) in [6.45, 7) is 3.46. The lowest BCUT2D eigenvalue weighted by Crippen LogP contribution is -2.43. The van der Waals surface area contributed by atoms with Crippen LogP contribution in [0, 0.1) is 0 Å². The molecule has 0 unspecified atom stereocenters. The second kappa shape index (κ2) is 7.35. The van der Waals surface area contributed by atoms with Gasteiger partial charge in [-0.3, -0.25) is 4.79 Å². The number of rotatable bonds is 5. The van der Waals surface area contributed by atoms with Gasteiger partial charge in [0.1, 0.15) is 17.1 Å². The molecule has 0 bridgehead atoms. The number of hydrogen-bond donors (Lipinski definition) is 1. The molecule has 1 atom stereocenters. The molecule has 2 aliphatic heterocycles. The van der Waals surface area contributed by atoms with Crippen LogP contribution in [0.25, 0.3) is 10.3 Å². The van der Waals surface area contributed by atoms with Crippen molar-refractivity contribution in [2.45, 2.75) is 31.8 Å². The van der Waals surface area contributed by atoms with Crippen molar-refractivity contribution in [2.75, 3.05) is 29.4 Å². The van der Waals surface area contributed by atoms with Crippen LogP contribution < -0.4 is 15.1 Å². The molecule has 4 heterocycles. The Bertz CT molecular complexity index is 987. The van der Waals surface area contributed by atoms with Crippen molar-refractivity contribution in [3.63, 3.8) is 0 Å². The molecule has 0 aliphatic carbocycles. The van der Waals surface area contributed by atoms with Crippen molar-refractivity contribution in [1.82, 2.24) is 20.3 Å². The van der Waals surface area contributed by atoms with Crippen LogP contribution in [0.3, 0.4) is 0 Å². The SMILES string of the molecule is O=C(NCc1ccccc1)[C@H]1CCCN1c1nc2ncnc(N3CCC3)c2s1. The first-order valence-corrected chi connectivity index (χ1v) is 10.6. The molecular weight excluding hydrogens is 372 g/mol. The third-order valence-corrected chi connectivity index (χ3v) is 6.51. The number of fused-ring (bicyclic) bond motifs is 1. The molecule has 1 amide bonds. The Morgan fingerprint density at radius 3 is 2.79 bits per heavy atom. The van der Waals surface area contributed by atoms with Crippen molar-refractivity contribution >= 4 is 38.5 Å². The standard InChI is InChI=1S/C20H22N6OS/c27-19(21-12-14-6-2-1-3-7-14)15-8-4-11-26(15)20-24-17-16(28-20)18(23-13-22-17)25-9-5-10-25/h1-3,6-7,13,15H,4-5,8-12H2,(H,21,27)/t15-/m1/s1.